The van der Waals surface area contributed by atoms with Crippen molar-refractivity contribution in [3.05, 3.63) is 23.8 Å². The Bertz CT molecular complexity index is 600. The summed E-state index contributed by atoms with van der Waals surface area (Å²) in [6, 6.07) is 5.42. The zero-order valence-corrected chi connectivity index (χ0v) is 13.1. The maximum absolute atomic E-state index is 12.1. The molecule has 1 aliphatic rings. The molecule has 1 N–H and O–H groups in total. The lowest BCUT2D eigenvalue weighted by atomic mass is 10.0. The fourth-order valence-corrected chi connectivity index (χ4v) is 2.65. The van der Waals surface area contributed by atoms with E-state index < -0.39 is 6.04 Å². The molecular formula is C16H21N3O3. The number of piperidine rings is 1. The van der Waals surface area contributed by atoms with E-state index in [4.69, 9.17) is 0 Å². The van der Waals surface area contributed by atoms with E-state index in [1.807, 2.05) is 37.1 Å². The van der Waals surface area contributed by atoms with Crippen molar-refractivity contribution in [2.75, 3.05) is 23.9 Å². The highest BCUT2D eigenvalue weighted by Gasteiger charge is 2.31. The van der Waals surface area contributed by atoms with Crippen LogP contribution in [0, 0.1) is 0 Å². The number of carbonyl (C=O) groups excluding carboxylic acids is 3. The number of hydrogen-bond acceptors (Lipinski definition) is 4. The second-order valence-corrected chi connectivity index (χ2v) is 5.47. The van der Waals surface area contributed by atoms with Gasteiger partial charge in [-0.2, -0.15) is 0 Å². The molecule has 6 heteroatoms. The summed E-state index contributed by atoms with van der Waals surface area (Å²) in [7, 11) is 3.49. The van der Waals surface area contributed by atoms with Crippen LogP contribution in [0.5, 0.6) is 0 Å². The third-order valence-electron chi connectivity index (χ3n) is 4.04. The molecule has 0 bridgehead atoms. The molecule has 0 spiro atoms. The first-order valence-electron chi connectivity index (χ1n) is 7.35. The van der Waals surface area contributed by atoms with Crippen LogP contribution in [0.1, 0.15) is 25.3 Å². The van der Waals surface area contributed by atoms with Gasteiger partial charge in [0.1, 0.15) is 6.04 Å². The van der Waals surface area contributed by atoms with Crippen molar-refractivity contribution >= 4 is 29.6 Å². The van der Waals surface area contributed by atoms with E-state index in [2.05, 4.69) is 5.32 Å². The molecule has 2 rings (SSSR count). The minimum Gasteiger partial charge on any atom is -0.361 e. The number of nitrogens with zero attached hydrogens (tertiary/aromatic N) is 2. The quantitative estimate of drug-likeness (QED) is 0.653. The molecular weight excluding hydrogens is 282 g/mol. The van der Waals surface area contributed by atoms with E-state index in [9.17, 15) is 14.4 Å². The number of carbonyl (C=O) groups is 3. The average molecular weight is 303 g/mol. The van der Waals surface area contributed by atoms with Gasteiger partial charge >= 0.3 is 0 Å². The molecule has 1 saturated heterocycles. The van der Waals surface area contributed by atoms with Gasteiger partial charge < -0.3 is 9.80 Å². The van der Waals surface area contributed by atoms with Gasteiger partial charge in [-0.3, -0.25) is 19.7 Å². The number of likely N-dealkylation sites (N-methyl/N-ethyl adjacent to an activating group) is 1. The smallest absolute Gasteiger partial charge is 0.249 e. The molecule has 118 valence electrons. The summed E-state index contributed by atoms with van der Waals surface area (Å²) in [5, 5.41) is 2.37. The standard InChI is InChI=1S/C16H21N3O3/c1-4-11-5-6-12(18(2)10-20)14(9-11)19(3)13-7-8-15(21)17-16(13)22/h5-6,9-10,13H,4,7-8H2,1-3H3,(H,17,21,22). The number of nitrogens with one attached hydrogen (secondary N) is 1. The Kier molecular flexibility index (Phi) is 4.80. The van der Waals surface area contributed by atoms with E-state index in [1.165, 1.54) is 4.90 Å². The number of anilines is 2. The van der Waals surface area contributed by atoms with Gasteiger partial charge in [-0.05, 0) is 30.5 Å². The molecule has 0 saturated carbocycles. The lowest BCUT2D eigenvalue weighted by molar-refractivity contribution is -0.134. The van der Waals surface area contributed by atoms with Crippen LogP contribution in [0.4, 0.5) is 11.4 Å². The Morgan fingerprint density at radius 3 is 2.59 bits per heavy atom. The van der Waals surface area contributed by atoms with Gasteiger partial charge in [0.25, 0.3) is 0 Å². The highest BCUT2D eigenvalue weighted by molar-refractivity contribution is 6.02. The number of aryl methyl sites for hydroxylation is 1. The van der Waals surface area contributed by atoms with Gasteiger partial charge in [0, 0.05) is 20.5 Å². The fourth-order valence-electron chi connectivity index (χ4n) is 2.65. The number of rotatable bonds is 5. The van der Waals surface area contributed by atoms with Gasteiger partial charge in [-0.1, -0.05) is 13.0 Å². The summed E-state index contributed by atoms with van der Waals surface area (Å²) >= 11 is 0. The van der Waals surface area contributed by atoms with Gasteiger partial charge in [-0.25, -0.2) is 0 Å². The van der Waals surface area contributed by atoms with Crippen molar-refractivity contribution in [3.63, 3.8) is 0 Å². The fraction of sp³-hybridized carbons (Fsp3) is 0.438. The minimum absolute atomic E-state index is 0.234. The molecule has 0 aromatic heterocycles. The summed E-state index contributed by atoms with van der Waals surface area (Å²) in [4.78, 5) is 37.8. The van der Waals surface area contributed by atoms with Crippen molar-refractivity contribution in [3.8, 4) is 0 Å². The van der Waals surface area contributed by atoms with Crippen molar-refractivity contribution in [2.45, 2.75) is 32.2 Å². The summed E-state index contributed by atoms with van der Waals surface area (Å²) < 4.78 is 0. The second-order valence-electron chi connectivity index (χ2n) is 5.47. The zero-order chi connectivity index (χ0) is 16.3. The van der Waals surface area contributed by atoms with Crippen molar-refractivity contribution < 1.29 is 14.4 Å². The monoisotopic (exact) mass is 303 g/mol. The maximum atomic E-state index is 12.1. The van der Waals surface area contributed by atoms with Gasteiger partial charge in [0.05, 0.1) is 11.4 Å². The largest absolute Gasteiger partial charge is 0.361 e. The number of hydrogen-bond donors (Lipinski definition) is 1. The summed E-state index contributed by atoms with van der Waals surface area (Å²) in [5.41, 5.74) is 2.67. The Labute approximate surface area is 130 Å². The summed E-state index contributed by atoms with van der Waals surface area (Å²) in [6.45, 7) is 2.05. The van der Waals surface area contributed by atoms with Crippen LogP contribution >= 0.6 is 0 Å². The van der Waals surface area contributed by atoms with E-state index >= 15 is 0 Å². The van der Waals surface area contributed by atoms with E-state index in [-0.39, 0.29) is 11.8 Å². The van der Waals surface area contributed by atoms with Crippen LogP contribution in [0.25, 0.3) is 0 Å². The highest BCUT2D eigenvalue weighted by atomic mass is 16.2. The van der Waals surface area contributed by atoms with Crippen LogP contribution < -0.4 is 15.1 Å². The van der Waals surface area contributed by atoms with E-state index in [0.717, 1.165) is 29.8 Å². The molecule has 1 fully saturated rings. The van der Waals surface area contributed by atoms with E-state index in [0.29, 0.717) is 12.8 Å². The van der Waals surface area contributed by atoms with Crippen molar-refractivity contribution in [2.24, 2.45) is 0 Å². The van der Waals surface area contributed by atoms with Crippen LogP contribution in [0.2, 0.25) is 0 Å². The molecule has 0 aliphatic carbocycles. The van der Waals surface area contributed by atoms with Crippen LogP contribution in [-0.2, 0) is 20.8 Å². The molecule has 1 aromatic rings. The van der Waals surface area contributed by atoms with Crippen LogP contribution in [0.15, 0.2) is 18.2 Å². The Balaban J connectivity index is 2.38. The molecule has 3 amide bonds. The third-order valence-corrected chi connectivity index (χ3v) is 4.04. The zero-order valence-electron chi connectivity index (χ0n) is 13.1. The third kappa shape index (κ3) is 3.10. The minimum atomic E-state index is -0.413. The van der Waals surface area contributed by atoms with Crippen LogP contribution in [-0.4, -0.2) is 38.4 Å². The van der Waals surface area contributed by atoms with Gasteiger partial charge in [0.15, 0.2) is 0 Å². The first kappa shape index (κ1) is 16.0. The normalized spacial score (nSPS) is 17.9. The molecule has 1 heterocycles. The molecule has 0 radical (unpaired) electrons. The first-order valence-corrected chi connectivity index (χ1v) is 7.35. The molecule has 1 aliphatic heterocycles. The molecule has 1 aromatic carbocycles. The molecule has 22 heavy (non-hydrogen) atoms. The number of benzene rings is 1. The predicted octanol–water partition coefficient (Wildman–Crippen LogP) is 1.08. The number of amides is 3. The molecule has 1 atom stereocenters. The lowest BCUT2D eigenvalue weighted by Gasteiger charge is -2.33. The number of imide groups is 1. The van der Waals surface area contributed by atoms with Crippen molar-refractivity contribution in [1.82, 2.24) is 5.32 Å². The Hall–Kier alpha value is -2.37. The van der Waals surface area contributed by atoms with Crippen LogP contribution in [0.3, 0.4) is 0 Å². The Morgan fingerprint density at radius 1 is 1.27 bits per heavy atom. The van der Waals surface area contributed by atoms with E-state index in [1.54, 1.807) is 7.05 Å². The SMILES string of the molecule is CCc1ccc(N(C)C=O)c(N(C)C2CCC(=O)NC2=O)c1. The van der Waals surface area contributed by atoms with Crippen molar-refractivity contribution in [1.29, 1.82) is 0 Å². The molecule has 6 nitrogen and oxygen atoms in total. The highest BCUT2D eigenvalue weighted by Crippen LogP contribution is 2.31. The second kappa shape index (κ2) is 6.60. The molecule has 1 unspecified atom stereocenters. The Morgan fingerprint density at radius 2 is 2.00 bits per heavy atom. The first-order chi connectivity index (χ1) is 10.5. The maximum Gasteiger partial charge on any atom is 0.249 e. The topological polar surface area (TPSA) is 69.7 Å². The summed E-state index contributed by atoms with van der Waals surface area (Å²) in [6.07, 6.45) is 2.40. The summed E-state index contributed by atoms with van der Waals surface area (Å²) in [5.74, 6) is -0.525. The van der Waals surface area contributed by atoms with Gasteiger partial charge in [0.2, 0.25) is 18.2 Å². The van der Waals surface area contributed by atoms with Gasteiger partial charge in [-0.15, -0.1) is 0 Å². The predicted molar refractivity (Wildman–Crippen MR) is 84.9 cm³/mol. The lowest BCUT2D eigenvalue weighted by Crippen LogP contribution is -2.51. The average Bonchev–Trinajstić information content (AvgIpc) is 2.53.